The molecule has 0 aliphatic carbocycles. The summed E-state index contributed by atoms with van der Waals surface area (Å²) >= 11 is 1.63. The number of hydrogen-bond acceptors (Lipinski definition) is 6. The van der Waals surface area contributed by atoms with Crippen molar-refractivity contribution in [1.29, 1.82) is 0 Å². The number of methoxy groups -OCH3 is 1. The molecule has 2 aromatic rings. The number of rotatable bonds is 5. The first-order valence-corrected chi connectivity index (χ1v) is 11.8. The second-order valence-corrected chi connectivity index (χ2v) is 9.87. The second kappa shape index (κ2) is 8.33. The first kappa shape index (κ1) is 20.6. The Hall–Kier alpha value is -2.29. The first-order valence-electron chi connectivity index (χ1n) is 10.7. The number of fused-ring (bicyclic) bond motifs is 4. The van der Waals surface area contributed by atoms with Crippen LogP contribution in [-0.4, -0.2) is 52.5 Å². The highest BCUT2D eigenvalue weighted by Crippen LogP contribution is 2.38. The van der Waals surface area contributed by atoms with Crippen LogP contribution in [0.25, 0.3) is 0 Å². The number of carbonyl (C=O) groups is 1. The molecule has 7 nitrogen and oxygen atoms in total. The molecule has 1 aromatic heterocycles. The number of nitrogens with one attached hydrogen (secondary N) is 1. The van der Waals surface area contributed by atoms with Crippen LogP contribution in [-0.2, 0) is 17.9 Å². The Morgan fingerprint density at radius 3 is 2.90 bits per heavy atom. The number of likely N-dealkylation sites (tertiary alicyclic amines) is 1. The first-order chi connectivity index (χ1) is 15.0. The second-order valence-electron chi connectivity index (χ2n) is 8.73. The van der Waals surface area contributed by atoms with E-state index in [4.69, 9.17) is 4.74 Å². The molecule has 2 saturated heterocycles. The Bertz CT molecular complexity index is 1060. The molecule has 2 fully saturated rings. The highest BCUT2D eigenvalue weighted by molar-refractivity contribution is 7.99. The van der Waals surface area contributed by atoms with E-state index in [0.29, 0.717) is 17.6 Å². The molecular formula is C23H27N3O4S. The fraction of sp³-hybridized carbons (Fsp3) is 0.478. The van der Waals surface area contributed by atoms with Gasteiger partial charge in [-0.1, -0.05) is 12.1 Å². The van der Waals surface area contributed by atoms with Crippen molar-refractivity contribution in [3.63, 3.8) is 0 Å². The normalized spacial score (nSPS) is 27.6. The van der Waals surface area contributed by atoms with E-state index in [1.54, 1.807) is 24.9 Å². The molecule has 2 bridgehead atoms. The van der Waals surface area contributed by atoms with Crippen LogP contribution < -0.4 is 15.6 Å². The summed E-state index contributed by atoms with van der Waals surface area (Å²) in [4.78, 5) is 26.0. The Morgan fingerprint density at radius 1 is 1.26 bits per heavy atom. The molecule has 0 amide bonds. The van der Waals surface area contributed by atoms with Crippen molar-refractivity contribution in [3.05, 3.63) is 63.6 Å². The van der Waals surface area contributed by atoms with Crippen LogP contribution in [0, 0.1) is 5.92 Å². The molecular weight excluding hydrogens is 414 g/mol. The topological polar surface area (TPSA) is 83.8 Å². The molecule has 31 heavy (non-hydrogen) atoms. The summed E-state index contributed by atoms with van der Waals surface area (Å²) in [5.41, 5.74) is 3.46. The van der Waals surface area contributed by atoms with Crippen LogP contribution in [0.3, 0.4) is 0 Å². The van der Waals surface area contributed by atoms with Gasteiger partial charge in [-0.2, -0.15) is 0 Å². The van der Waals surface area contributed by atoms with Gasteiger partial charge in [-0.15, -0.1) is 11.8 Å². The van der Waals surface area contributed by atoms with Gasteiger partial charge in [0.05, 0.1) is 12.5 Å². The van der Waals surface area contributed by atoms with Gasteiger partial charge in [-0.25, -0.2) is 0 Å². The van der Waals surface area contributed by atoms with Crippen LogP contribution in [0.15, 0.2) is 41.2 Å². The number of ether oxygens (including phenoxy) is 1. The molecule has 4 heterocycles. The smallest absolute Gasteiger partial charge is 0.321 e. The number of hydrogen-bond donors (Lipinski definition) is 2. The van der Waals surface area contributed by atoms with Gasteiger partial charge in [0.25, 0.3) is 5.56 Å². The van der Waals surface area contributed by atoms with Gasteiger partial charge in [0.2, 0.25) is 0 Å². The molecule has 8 heteroatoms. The van der Waals surface area contributed by atoms with Crippen molar-refractivity contribution in [3.8, 4) is 5.75 Å². The fourth-order valence-electron chi connectivity index (χ4n) is 5.26. The number of nitrogens with zero attached hydrogens (tertiary/aromatic N) is 2. The van der Waals surface area contributed by atoms with Crippen molar-refractivity contribution in [1.82, 2.24) is 14.8 Å². The zero-order valence-electron chi connectivity index (χ0n) is 17.5. The number of carboxylic acids is 1. The van der Waals surface area contributed by atoms with E-state index in [1.165, 1.54) is 0 Å². The highest BCUT2D eigenvalue weighted by Gasteiger charge is 2.35. The van der Waals surface area contributed by atoms with E-state index >= 15 is 0 Å². The zero-order valence-corrected chi connectivity index (χ0v) is 18.3. The van der Waals surface area contributed by atoms with Crippen LogP contribution in [0.5, 0.6) is 5.75 Å². The summed E-state index contributed by atoms with van der Waals surface area (Å²) < 4.78 is 7.59. The quantitative estimate of drug-likeness (QED) is 0.736. The lowest BCUT2D eigenvalue weighted by Gasteiger charge is -2.43. The lowest BCUT2D eigenvalue weighted by Crippen LogP contribution is -2.46. The van der Waals surface area contributed by atoms with Crippen molar-refractivity contribution in [2.75, 3.05) is 26.0 Å². The fourth-order valence-corrected chi connectivity index (χ4v) is 6.48. The van der Waals surface area contributed by atoms with Crippen LogP contribution in [0.2, 0.25) is 0 Å². The van der Waals surface area contributed by atoms with E-state index in [9.17, 15) is 14.7 Å². The molecule has 4 atom stereocenters. The molecule has 0 unspecified atom stereocenters. The molecule has 5 rings (SSSR count). The van der Waals surface area contributed by atoms with Gasteiger partial charge in [0.15, 0.2) is 0 Å². The summed E-state index contributed by atoms with van der Waals surface area (Å²) in [6.07, 6.45) is 1.14. The largest absolute Gasteiger partial charge is 0.496 e. The number of piperidine rings is 1. The maximum atomic E-state index is 12.3. The average molecular weight is 442 g/mol. The van der Waals surface area contributed by atoms with Gasteiger partial charge in [-0.3, -0.25) is 19.8 Å². The minimum atomic E-state index is -0.803. The Balaban J connectivity index is 1.35. The number of carboxylic acid groups (broad SMARTS) is 1. The van der Waals surface area contributed by atoms with E-state index in [1.807, 2.05) is 22.8 Å². The van der Waals surface area contributed by atoms with E-state index in [-0.39, 0.29) is 10.9 Å². The standard InChI is InChI=1S/C23H27N3O4S/c1-30-20-6-5-15(22-24-18(13-31-22)23(28)29)8-17(20)12-25-9-14-7-16(11-25)19-3-2-4-21(27)26(19)10-14/h2-6,8,14,16,18,22,24H,7,9-13H2,1H3,(H,28,29)/t14-,16-,18+,22+/m1/s1. The monoisotopic (exact) mass is 441 g/mol. The molecule has 0 radical (unpaired) electrons. The van der Waals surface area contributed by atoms with Gasteiger partial charge in [0, 0.05) is 55.2 Å². The third-order valence-electron chi connectivity index (χ3n) is 6.64. The van der Waals surface area contributed by atoms with Crippen LogP contribution in [0.4, 0.5) is 0 Å². The zero-order chi connectivity index (χ0) is 21.5. The van der Waals surface area contributed by atoms with Crippen molar-refractivity contribution in [2.45, 2.75) is 36.8 Å². The number of benzene rings is 1. The Kier molecular flexibility index (Phi) is 5.54. The molecule has 0 spiro atoms. The van der Waals surface area contributed by atoms with Crippen LogP contribution in [0.1, 0.15) is 34.5 Å². The van der Waals surface area contributed by atoms with Crippen molar-refractivity contribution < 1.29 is 14.6 Å². The van der Waals surface area contributed by atoms with Crippen LogP contribution >= 0.6 is 11.8 Å². The molecule has 3 aliphatic heterocycles. The SMILES string of the molecule is COc1ccc([C@H]2N[C@H](C(=O)O)CS2)cc1CN1C[C@H]2C[C@H](C1)c1cccc(=O)n1C2. The molecule has 164 valence electrons. The van der Waals surface area contributed by atoms with Gasteiger partial charge < -0.3 is 14.4 Å². The molecule has 3 aliphatic rings. The van der Waals surface area contributed by atoms with Gasteiger partial charge in [-0.05, 0) is 36.1 Å². The predicted molar refractivity (Wildman–Crippen MR) is 120 cm³/mol. The summed E-state index contributed by atoms with van der Waals surface area (Å²) in [5, 5.41) is 12.5. The van der Waals surface area contributed by atoms with E-state index < -0.39 is 12.0 Å². The lowest BCUT2D eigenvalue weighted by atomic mass is 9.83. The summed E-state index contributed by atoms with van der Waals surface area (Å²) in [7, 11) is 1.69. The molecule has 0 saturated carbocycles. The van der Waals surface area contributed by atoms with Gasteiger partial charge in [0.1, 0.15) is 11.8 Å². The maximum absolute atomic E-state index is 12.3. The summed E-state index contributed by atoms with van der Waals surface area (Å²) in [5.74, 6) is 1.47. The minimum Gasteiger partial charge on any atom is -0.496 e. The number of aliphatic carboxylic acids is 1. The average Bonchev–Trinajstić information content (AvgIpc) is 3.25. The number of pyridine rings is 1. The lowest BCUT2D eigenvalue weighted by molar-refractivity contribution is -0.138. The molecule has 2 N–H and O–H groups in total. The predicted octanol–water partition coefficient (Wildman–Crippen LogP) is 2.26. The maximum Gasteiger partial charge on any atom is 0.321 e. The number of thioether (sulfide) groups is 1. The highest BCUT2D eigenvalue weighted by atomic mass is 32.2. The molecule has 1 aromatic carbocycles. The summed E-state index contributed by atoms with van der Waals surface area (Å²) in [6, 6.07) is 11.3. The number of aromatic nitrogens is 1. The van der Waals surface area contributed by atoms with Crippen molar-refractivity contribution >= 4 is 17.7 Å². The third kappa shape index (κ3) is 4.00. The third-order valence-corrected chi connectivity index (χ3v) is 7.90. The minimum absolute atomic E-state index is 0.0229. The Labute approximate surface area is 185 Å². The van der Waals surface area contributed by atoms with Gasteiger partial charge >= 0.3 is 5.97 Å². The Morgan fingerprint density at radius 2 is 2.13 bits per heavy atom. The van der Waals surface area contributed by atoms with E-state index in [0.717, 1.165) is 55.2 Å². The van der Waals surface area contributed by atoms with E-state index in [2.05, 4.69) is 22.3 Å². The summed E-state index contributed by atoms with van der Waals surface area (Å²) in [6.45, 7) is 3.45. The van der Waals surface area contributed by atoms with Crippen molar-refractivity contribution in [2.24, 2.45) is 5.92 Å².